The van der Waals surface area contributed by atoms with Crippen LogP contribution in [0.25, 0.3) is 50.5 Å². The molecule has 1 fully saturated rings. The first-order chi connectivity index (χ1) is 40.2. The summed E-state index contributed by atoms with van der Waals surface area (Å²) < 4.78 is 349. The third kappa shape index (κ3) is 5.17. The first-order valence-electron chi connectivity index (χ1n) is 33.3. The van der Waals surface area contributed by atoms with Gasteiger partial charge in [-0.1, -0.05) is 183 Å². The quantitative estimate of drug-likeness (QED) is 0.123. The minimum atomic E-state index is -7.70. The van der Waals surface area contributed by atoms with Gasteiger partial charge in [-0.2, -0.15) is 9.97 Å². The van der Waals surface area contributed by atoms with Crippen molar-refractivity contribution in [2.24, 2.45) is 0 Å². The van der Waals surface area contributed by atoms with E-state index in [1.54, 1.807) is 0 Å². The van der Waals surface area contributed by atoms with E-state index in [0.717, 1.165) is 0 Å². The molecule has 6 aromatic carbocycles. The predicted molar refractivity (Wildman–Crippen MR) is 209 cm³/mol. The van der Waals surface area contributed by atoms with E-state index < -0.39 is 275 Å². The normalized spacial score (nSPS) is 30.4. The summed E-state index contributed by atoms with van der Waals surface area (Å²) in [4.78, 5) is 12.9. The zero-order chi connectivity index (χ0) is 66.7. The summed E-state index contributed by atoms with van der Waals surface area (Å²) in [7, 11) is -7.70. The molecule has 1 saturated carbocycles. The van der Waals surface area contributed by atoms with Gasteiger partial charge in [-0.15, -0.1) is 0 Å². The fraction of sp³-hybridized carbons (Fsp3) is 0.133. The van der Waals surface area contributed by atoms with Crippen molar-refractivity contribution >= 4 is 45.4 Å². The van der Waals surface area contributed by atoms with Crippen molar-refractivity contribution in [3.63, 3.8) is 0 Å². The van der Waals surface area contributed by atoms with Gasteiger partial charge < -0.3 is 0 Å². The topological polar surface area (TPSA) is 43.6 Å². The van der Waals surface area contributed by atoms with Crippen LogP contribution in [0.5, 0.6) is 0 Å². The predicted octanol–water partition coefficient (Wildman–Crippen LogP) is 9.11. The number of hydrogen-bond donors (Lipinski definition) is 0. The van der Waals surface area contributed by atoms with Gasteiger partial charge >= 0.3 is 0 Å². The molecule has 1 aliphatic carbocycles. The van der Waals surface area contributed by atoms with Crippen molar-refractivity contribution in [2.75, 3.05) is 0 Å². The van der Waals surface area contributed by atoms with Crippen LogP contribution in [0.4, 0.5) is 0 Å². The number of nitrogens with zero attached hydrogens (tertiary/aromatic N) is 4. The summed E-state index contributed by atoms with van der Waals surface area (Å²) in [6.45, 7) is 0. The molecule has 1 aliphatic rings. The minimum Gasteiger partial charge on any atom is -0.278 e. The molecule has 0 radical (unpaired) electrons. The smallest absolute Gasteiger partial charge is 0.238 e. The number of fused-ring (bicyclic) bond motifs is 3. The van der Waals surface area contributed by atoms with Crippen LogP contribution in [0.15, 0.2) is 163 Å². The third-order valence-corrected chi connectivity index (χ3v) is 11.4. The standard InChI is InChI=1S/C45H38N4Si/c1-5-18-33(19-6-1)43-46-44(48-45(47-43)49-41-30-15-13-28-39(41)40-29-14-16-31-42(40)49)34-20-17-27-38(32-34)50(35-21-7-2-8-22-35,36-23-9-3-10-24-36)37-25-11-4-12-26-37/h1-3,5-10,13-24,27-32,37H,4,11-12,25-26H2/i1D,2D,3D,4D2,5D,6D,7D,8D,9D,10D,11D2,12D2,13D,14D,15D,16D,17D,18D,19D,20D,21D,22D,23D,24D,25D2,26D2,27D,28D,29D,30D,31D,32D,37D. The summed E-state index contributed by atoms with van der Waals surface area (Å²) in [5.41, 5.74) is -9.15. The van der Waals surface area contributed by atoms with Crippen LogP contribution < -0.4 is 15.6 Å². The first kappa shape index (κ1) is 10.2. The van der Waals surface area contributed by atoms with Gasteiger partial charge in [0.2, 0.25) is 5.95 Å². The second-order valence-corrected chi connectivity index (χ2v) is 13.6. The van der Waals surface area contributed by atoms with E-state index in [2.05, 4.69) is 15.0 Å². The molecular weight excluding hydrogens is 625 g/mol. The zero-order valence-electron chi connectivity index (χ0n) is 62.8. The molecular formula is C45H38N4Si. The minimum absolute atomic E-state index is 0.541. The monoisotopic (exact) mass is 701 g/mol. The van der Waals surface area contributed by atoms with Crippen molar-refractivity contribution < 1.29 is 52.1 Å². The van der Waals surface area contributed by atoms with Gasteiger partial charge in [0.15, 0.2) is 19.7 Å². The van der Waals surface area contributed by atoms with E-state index in [9.17, 15) is 17.8 Å². The molecule has 9 rings (SSSR count). The third-order valence-electron chi connectivity index (χ3n) is 7.43. The van der Waals surface area contributed by atoms with Crippen LogP contribution in [-0.2, 0) is 0 Å². The molecule has 0 spiro atoms. The van der Waals surface area contributed by atoms with Crippen LogP contribution in [-0.4, -0.2) is 27.6 Å². The van der Waals surface area contributed by atoms with Gasteiger partial charge in [-0.05, 0) is 33.2 Å². The fourth-order valence-corrected chi connectivity index (χ4v) is 8.94. The van der Waals surface area contributed by atoms with Gasteiger partial charge in [-0.25, -0.2) is 4.98 Å². The Bertz CT molecular complexity index is 4240. The van der Waals surface area contributed by atoms with Crippen molar-refractivity contribution in [3.8, 4) is 28.7 Å². The van der Waals surface area contributed by atoms with Crippen LogP contribution >= 0.6 is 0 Å². The summed E-state index contributed by atoms with van der Waals surface area (Å²) in [6, 6.07) is -36.3. The van der Waals surface area contributed by atoms with E-state index in [-0.39, 0.29) is 0 Å². The molecule has 2 aromatic heterocycles. The largest absolute Gasteiger partial charge is 0.278 e. The molecule has 0 saturated heterocycles. The van der Waals surface area contributed by atoms with Gasteiger partial charge in [0.05, 0.1) is 48.0 Å². The Labute approximate surface area is 347 Å². The summed E-state index contributed by atoms with van der Waals surface area (Å²) >= 11 is 0. The highest BCUT2D eigenvalue weighted by atomic mass is 28.3. The van der Waals surface area contributed by atoms with Gasteiger partial charge in [0, 0.05) is 37.0 Å². The highest BCUT2D eigenvalue weighted by Crippen LogP contribution is 2.38. The average Bonchev–Trinajstić information content (AvgIpc) is 0.742. The molecule has 0 bridgehead atoms. The van der Waals surface area contributed by atoms with Crippen LogP contribution in [0, 0.1) is 0 Å². The average molecular weight is 701 g/mol. The van der Waals surface area contributed by atoms with Gasteiger partial charge in [0.25, 0.3) is 0 Å². The fourth-order valence-electron chi connectivity index (χ4n) is 5.38. The molecule has 242 valence electrons. The lowest BCUT2D eigenvalue weighted by molar-refractivity contribution is 0.497. The molecule has 4 nitrogen and oxygen atoms in total. The molecule has 0 aliphatic heterocycles. The number of hydrogen-bond acceptors (Lipinski definition) is 3. The molecule has 0 unspecified atom stereocenters. The lowest BCUT2D eigenvalue weighted by Gasteiger charge is -2.42. The first-order valence-corrected chi connectivity index (χ1v) is 16.3. The Hall–Kier alpha value is -5.65. The van der Waals surface area contributed by atoms with Gasteiger partial charge in [-0.3, -0.25) is 4.57 Å². The highest BCUT2D eigenvalue weighted by molar-refractivity contribution is 7.12. The maximum absolute atomic E-state index is 10.7. The second-order valence-electron chi connectivity index (χ2n) is 10.1. The molecule has 0 atom stereocenters. The number of para-hydroxylation sites is 2. The number of benzene rings is 6. The van der Waals surface area contributed by atoms with Crippen molar-refractivity contribution in [1.29, 1.82) is 0 Å². The van der Waals surface area contributed by atoms with Crippen LogP contribution in [0.3, 0.4) is 0 Å². The van der Waals surface area contributed by atoms with Crippen molar-refractivity contribution in [2.45, 2.75) is 37.4 Å². The van der Waals surface area contributed by atoms with Crippen molar-refractivity contribution in [1.82, 2.24) is 19.5 Å². The Morgan fingerprint density at radius 1 is 0.520 bits per heavy atom. The summed E-state index contributed by atoms with van der Waals surface area (Å²) in [5, 5.41) is -6.76. The molecule has 2 heterocycles. The number of aromatic nitrogens is 4. The summed E-state index contributed by atoms with van der Waals surface area (Å²) in [5.74, 6) is -3.78. The van der Waals surface area contributed by atoms with E-state index in [1.807, 2.05) is 0 Å². The van der Waals surface area contributed by atoms with E-state index >= 15 is 0 Å². The Kier molecular flexibility index (Phi) is 2.65. The van der Waals surface area contributed by atoms with E-state index in [4.69, 9.17) is 34.3 Å². The second kappa shape index (κ2) is 13.0. The Morgan fingerprint density at radius 3 is 1.60 bits per heavy atom. The maximum Gasteiger partial charge on any atom is 0.238 e. The van der Waals surface area contributed by atoms with Crippen LogP contribution in [0.2, 0.25) is 5.52 Å². The van der Waals surface area contributed by atoms with Crippen LogP contribution in [0.1, 0.15) is 84.0 Å². The Balaban J connectivity index is 1.68. The maximum atomic E-state index is 10.7. The lowest BCUT2D eigenvalue weighted by atomic mass is 10.0. The summed E-state index contributed by atoms with van der Waals surface area (Å²) in [6.07, 6.45) is -23.7. The molecule has 8 aromatic rings. The highest BCUT2D eigenvalue weighted by Gasteiger charge is 2.46. The molecule has 0 amide bonds. The SMILES string of the molecule is [2H]c1c([2H])c([2H])c(-c2nc(-c3c([2H])c([2H])c([2H])c([Si](c4c([2H])c([2H])c([2H])c([2H])c4[2H])(c4c([2H])c([2H])c([2H])c([2H])c4[2H])C4([2H])C([2H])([2H])C([2H])([2H])C([2H])([2H])C([2H])([2H])C4([2H])[2H])c3[2H])nc(-n3c4c([2H])c([2H])c([2H])c([2H])c4c4c([2H])c([2H])c([2H])c([2H])c43)n2)c([2H])c1[2H]. The lowest BCUT2D eigenvalue weighted by Crippen LogP contribution is -2.70. The number of rotatable bonds is 7. The Morgan fingerprint density at radius 2 is 1.00 bits per heavy atom. The van der Waals surface area contributed by atoms with Gasteiger partial charge in [0.1, 0.15) is 0 Å². The van der Waals surface area contributed by atoms with E-state index in [0.29, 0.717) is 4.57 Å². The molecule has 0 N–H and O–H groups in total. The van der Waals surface area contributed by atoms with Crippen molar-refractivity contribution in [3.05, 3.63) is 163 Å². The zero-order valence-corrected chi connectivity index (χ0v) is 25.8. The molecule has 5 heteroatoms. The molecule has 50 heavy (non-hydrogen) atoms. The van der Waals surface area contributed by atoms with E-state index in [1.165, 1.54) is 0 Å².